The summed E-state index contributed by atoms with van der Waals surface area (Å²) in [6, 6.07) is 8.23. The van der Waals surface area contributed by atoms with Gasteiger partial charge in [-0.25, -0.2) is 0 Å². The molecule has 2 rings (SSSR count). The lowest BCUT2D eigenvalue weighted by atomic mass is 9.97. The minimum Gasteiger partial charge on any atom is -0.359 e. The van der Waals surface area contributed by atoms with Gasteiger partial charge in [0.15, 0.2) is 0 Å². The number of amides is 1. The molecule has 1 aromatic rings. The standard InChI is InChI=1S/C14H20N2O/c1-10(13(17)16-2)12-5-3-11(4-6-12)9-14(15)7-8-14/h3-6,10H,7-9,15H2,1-2H3,(H,16,17). The van der Waals surface area contributed by atoms with Crippen LogP contribution in [-0.4, -0.2) is 18.5 Å². The maximum atomic E-state index is 11.5. The highest BCUT2D eigenvalue weighted by Crippen LogP contribution is 2.35. The molecule has 92 valence electrons. The Balaban J connectivity index is 2.04. The van der Waals surface area contributed by atoms with Crippen molar-refractivity contribution >= 4 is 5.91 Å². The molecule has 0 spiro atoms. The van der Waals surface area contributed by atoms with Gasteiger partial charge in [0.2, 0.25) is 5.91 Å². The van der Waals surface area contributed by atoms with Crippen LogP contribution in [0.25, 0.3) is 0 Å². The Hall–Kier alpha value is -1.35. The monoisotopic (exact) mass is 232 g/mol. The van der Waals surface area contributed by atoms with Gasteiger partial charge in [0, 0.05) is 12.6 Å². The van der Waals surface area contributed by atoms with Crippen LogP contribution in [0.2, 0.25) is 0 Å². The lowest BCUT2D eigenvalue weighted by Gasteiger charge is -2.12. The Bertz CT molecular complexity index is 407. The van der Waals surface area contributed by atoms with E-state index in [2.05, 4.69) is 17.4 Å². The molecule has 1 aliphatic carbocycles. The van der Waals surface area contributed by atoms with E-state index in [0.717, 1.165) is 24.8 Å². The number of nitrogens with two attached hydrogens (primary N) is 1. The summed E-state index contributed by atoms with van der Waals surface area (Å²) < 4.78 is 0. The van der Waals surface area contributed by atoms with Gasteiger partial charge in [-0.1, -0.05) is 24.3 Å². The third kappa shape index (κ3) is 2.86. The van der Waals surface area contributed by atoms with Gasteiger partial charge < -0.3 is 11.1 Å². The summed E-state index contributed by atoms with van der Waals surface area (Å²) in [4.78, 5) is 11.5. The van der Waals surface area contributed by atoms with E-state index in [0.29, 0.717) is 0 Å². The summed E-state index contributed by atoms with van der Waals surface area (Å²) >= 11 is 0. The van der Waals surface area contributed by atoms with Gasteiger partial charge in [0.25, 0.3) is 0 Å². The first kappa shape index (κ1) is 12.1. The van der Waals surface area contributed by atoms with Gasteiger partial charge in [-0.3, -0.25) is 4.79 Å². The van der Waals surface area contributed by atoms with E-state index in [-0.39, 0.29) is 17.4 Å². The normalized spacial score (nSPS) is 18.5. The zero-order chi connectivity index (χ0) is 12.5. The van der Waals surface area contributed by atoms with Crippen LogP contribution in [0.4, 0.5) is 0 Å². The van der Waals surface area contributed by atoms with Crippen molar-refractivity contribution in [2.45, 2.75) is 37.6 Å². The molecule has 1 atom stereocenters. The van der Waals surface area contributed by atoms with Crippen molar-refractivity contribution in [3.63, 3.8) is 0 Å². The van der Waals surface area contributed by atoms with Crippen LogP contribution in [0.1, 0.15) is 36.8 Å². The summed E-state index contributed by atoms with van der Waals surface area (Å²) in [6.07, 6.45) is 3.20. The van der Waals surface area contributed by atoms with Crippen LogP contribution in [0.15, 0.2) is 24.3 Å². The fraction of sp³-hybridized carbons (Fsp3) is 0.500. The fourth-order valence-corrected chi connectivity index (χ4v) is 2.04. The van der Waals surface area contributed by atoms with Crippen molar-refractivity contribution in [1.82, 2.24) is 5.32 Å². The average molecular weight is 232 g/mol. The number of carbonyl (C=O) groups is 1. The molecule has 0 aliphatic heterocycles. The van der Waals surface area contributed by atoms with E-state index in [4.69, 9.17) is 5.73 Å². The topological polar surface area (TPSA) is 55.1 Å². The summed E-state index contributed by atoms with van der Waals surface area (Å²) in [5.74, 6) is -0.0444. The first-order valence-corrected chi connectivity index (χ1v) is 6.13. The maximum Gasteiger partial charge on any atom is 0.227 e. The molecule has 1 aliphatic rings. The molecule has 0 heterocycles. The Morgan fingerprint density at radius 1 is 1.41 bits per heavy atom. The van der Waals surface area contributed by atoms with E-state index in [9.17, 15) is 4.79 Å². The molecule has 3 N–H and O–H groups in total. The molecule has 1 amide bonds. The minimum atomic E-state index is -0.0955. The Morgan fingerprint density at radius 3 is 2.47 bits per heavy atom. The molecule has 3 heteroatoms. The van der Waals surface area contributed by atoms with Crippen molar-refractivity contribution < 1.29 is 4.79 Å². The number of rotatable bonds is 4. The number of nitrogens with one attached hydrogen (secondary N) is 1. The maximum absolute atomic E-state index is 11.5. The van der Waals surface area contributed by atoms with Crippen molar-refractivity contribution in [2.75, 3.05) is 7.05 Å². The minimum absolute atomic E-state index is 0.0495. The van der Waals surface area contributed by atoms with E-state index in [1.807, 2.05) is 19.1 Å². The highest BCUT2D eigenvalue weighted by atomic mass is 16.1. The van der Waals surface area contributed by atoms with Crippen molar-refractivity contribution in [1.29, 1.82) is 0 Å². The third-order valence-corrected chi connectivity index (χ3v) is 3.57. The summed E-state index contributed by atoms with van der Waals surface area (Å²) in [6.45, 7) is 1.92. The van der Waals surface area contributed by atoms with Gasteiger partial charge in [0.1, 0.15) is 0 Å². The quantitative estimate of drug-likeness (QED) is 0.828. The van der Waals surface area contributed by atoms with Crippen LogP contribution in [0.3, 0.4) is 0 Å². The second-order valence-corrected chi connectivity index (χ2v) is 5.12. The van der Waals surface area contributed by atoms with E-state index in [1.54, 1.807) is 7.05 Å². The van der Waals surface area contributed by atoms with Crippen LogP contribution in [0.5, 0.6) is 0 Å². The summed E-state index contributed by atoms with van der Waals surface area (Å²) in [7, 11) is 1.67. The summed E-state index contributed by atoms with van der Waals surface area (Å²) in [5, 5.41) is 2.67. The third-order valence-electron chi connectivity index (χ3n) is 3.57. The molecular weight excluding hydrogens is 212 g/mol. The number of likely N-dealkylation sites (N-methyl/N-ethyl adjacent to an activating group) is 1. The zero-order valence-electron chi connectivity index (χ0n) is 10.5. The van der Waals surface area contributed by atoms with Crippen LogP contribution in [-0.2, 0) is 11.2 Å². The largest absolute Gasteiger partial charge is 0.359 e. The molecule has 0 bridgehead atoms. The molecule has 1 aromatic carbocycles. The first-order chi connectivity index (χ1) is 8.04. The highest BCUT2D eigenvalue weighted by molar-refractivity contribution is 5.82. The van der Waals surface area contributed by atoms with Crippen LogP contribution in [0, 0.1) is 0 Å². The van der Waals surface area contributed by atoms with Gasteiger partial charge in [-0.05, 0) is 37.3 Å². The summed E-state index contributed by atoms with van der Waals surface area (Å²) in [5.41, 5.74) is 8.44. The van der Waals surface area contributed by atoms with Crippen LogP contribution < -0.4 is 11.1 Å². The first-order valence-electron chi connectivity index (χ1n) is 6.13. The van der Waals surface area contributed by atoms with Crippen molar-refractivity contribution in [3.8, 4) is 0 Å². The zero-order valence-corrected chi connectivity index (χ0v) is 10.5. The molecule has 0 radical (unpaired) electrons. The van der Waals surface area contributed by atoms with Gasteiger partial charge in [0.05, 0.1) is 5.92 Å². The Morgan fingerprint density at radius 2 is 2.00 bits per heavy atom. The van der Waals surface area contributed by atoms with E-state index >= 15 is 0 Å². The molecule has 17 heavy (non-hydrogen) atoms. The van der Waals surface area contributed by atoms with Crippen molar-refractivity contribution in [2.24, 2.45) is 5.73 Å². The average Bonchev–Trinajstić information content (AvgIpc) is 3.06. The fourth-order valence-electron chi connectivity index (χ4n) is 2.04. The molecule has 3 nitrogen and oxygen atoms in total. The van der Waals surface area contributed by atoms with Gasteiger partial charge in [-0.15, -0.1) is 0 Å². The lowest BCUT2D eigenvalue weighted by molar-refractivity contribution is -0.121. The molecule has 1 fully saturated rings. The van der Waals surface area contributed by atoms with Crippen LogP contribution >= 0.6 is 0 Å². The number of carbonyl (C=O) groups excluding carboxylic acids is 1. The molecule has 1 unspecified atom stereocenters. The number of benzene rings is 1. The number of hydrogen-bond acceptors (Lipinski definition) is 2. The van der Waals surface area contributed by atoms with Crippen molar-refractivity contribution in [3.05, 3.63) is 35.4 Å². The molecule has 1 saturated carbocycles. The second-order valence-electron chi connectivity index (χ2n) is 5.12. The van der Waals surface area contributed by atoms with Gasteiger partial charge in [-0.2, -0.15) is 0 Å². The molecule has 0 aromatic heterocycles. The molecular formula is C14H20N2O. The Labute approximate surface area is 102 Å². The Kier molecular flexibility index (Phi) is 3.20. The molecule has 0 saturated heterocycles. The van der Waals surface area contributed by atoms with E-state index in [1.165, 1.54) is 5.56 Å². The van der Waals surface area contributed by atoms with Gasteiger partial charge >= 0.3 is 0 Å². The lowest BCUT2D eigenvalue weighted by Crippen LogP contribution is -2.25. The predicted molar refractivity (Wildman–Crippen MR) is 68.8 cm³/mol. The van der Waals surface area contributed by atoms with E-state index < -0.39 is 0 Å². The second kappa shape index (κ2) is 4.49. The SMILES string of the molecule is CNC(=O)C(C)c1ccc(CC2(N)CC2)cc1. The predicted octanol–water partition coefficient (Wildman–Crippen LogP) is 1.57. The smallest absolute Gasteiger partial charge is 0.227 e. The number of hydrogen-bond donors (Lipinski definition) is 2. The highest BCUT2D eigenvalue weighted by Gasteiger charge is 2.37.